The van der Waals surface area contributed by atoms with Gasteiger partial charge in [0.15, 0.2) is 0 Å². The number of hydrogen-bond acceptors (Lipinski definition) is 2. The van der Waals surface area contributed by atoms with Gasteiger partial charge < -0.3 is 10.8 Å². The lowest BCUT2D eigenvalue weighted by Crippen LogP contribution is -2.41. The zero-order chi connectivity index (χ0) is 13.6. The van der Waals surface area contributed by atoms with Crippen molar-refractivity contribution >= 4 is 5.97 Å². The fraction of sp³-hybridized carbons (Fsp3) is 0.800. The molecule has 2 unspecified atom stereocenters. The number of hydrogen-bond donors (Lipinski definition) is 2. The Hall–Kier alpha value is -0.900. The summed E-state index contributed by atoms with van der Waals surface area (Å²) in [6.45, 7) is 0.447. The summed E-state index contributed by atoms with van der Waals surface area (Å²) in [5.41, 5.74) is 6.08. The third-order valence-corrected chi connectivity index (χ3v) is 5.27. The predicted octanol–water partition coefficient (Wildman–Crippen LogP) is 2.51. The maximum absolute atomic E-state index is 13.8. The van der Waals surface area contributed by atoms with Crippen molar-refractivity contribution in [2.45, 2.75) is 44.2 Å². The Morgan fingerprint density at radius 2 is 2.32 bits per heavy atom. The van der Waals surface area contributed by atoms with Crippen LogP contribution in [0.5, 0.6) is 0 Å². The lowest BCUT2D eigenvalue weighted by molar-refractivity contribution is -0.139. The van der Waals surface area contributed by atoms with E-state index in [0.717, 1.165) is 12.8 Å². The van der Waals surface area contributed by atoms with Crippen molar-refractivity contribution in [1.29, 1.82) is 0 Å². The van der Waals surface area contributed by atoms with E-state index in [1.807, 2.05) is 0 Å². The molecule has 2 saturated carbocycles. The van der Waals surface area contributed by atoms with E-state index >= 15 is 0 Å². The third-order valence-electron chi connectivity index (χ3n) is 5.27. The minimum absolute atomic E-state index is 0.0896. The van der Waals surface area contributed by atoms with Crippen LogP contribution in [0.25, 0.3) is 0 Å². The highest BCUT2D eigenvalue weighted by Gasteiger charge is 2.50. The second-order valence-electron chi connectivity index (χ2n) is 6.68. The number of alkyl halides is 1. The average Bonchev–Trinajstić information content (AvgIpc) is 2.97. The smallest absolute Gasteiger partial charge is 0.303 e. The largest absolute Gasteiger partial charge is 0.481 e. The Kier molecular flexibility index (Phi) is 3.16. The number of rotatable bonds is 6. The van der Waals surface area contributed by atoms with Crippen molar-refractivity contribution in [2.75, 3.05) is 6.54 Å². The number of fused-ring (bicyclic) bond motifs is 1. The van der Waals surface area contributed by atoms with Crippen LogP contribution < -0.4 is 5.73 Å². The number of allylic oxidation sites excluding steroid dienone is 2. The summed E-state index contributed by atoms with van der Waals surface area (Å²) in [7, 11) is 0. The van der Waals surface area contributed by atoms with Gasteiger partial charge in [-0.25, -0.2) is 4.39 Å². The first kappa shape index (κ1) is 13.1. The molecule has 4 atom stereocenters. The quantitative estimate of drug-likeness (QED) is 0.727. The molecule has 3 N–H and O–H groups in total. The molecule has 0 spiro atoms. The SMILES string of the molecule is NCC(CC(=O)O)C1C[C@H]2C=C(CC3(F)CC3)C[C@@H]12. The minimum atomic E-state index is -0.903. The topological polar surface area (TPSA) is 63.3 Å². The molecule has 0 heterocycles. The Morgan fingerprint density at radius 3 is 2.89 bits per heavy atom. The van der Waals surface area contributed by atoms with Gasteiger partial charge in [0.25, 0.3) is 0 Å². The normalized spacial score (nSPS) is 36.1. The number of carbonyl (C=O) groups is 1. The van der Waals surface area contributed by atoms with Crippen molar-refractivity contribution in [1.82, 2.24) is 0 Å². The molecule has 3 aliphatic rings. The molecule has 0 aromatic rings. The maximum atomic E-state index is 13.8. The highest BCUT2D eigenvalue weighted by atomic mass is 19.1. The van der Waals surface area contributed by atoms with E-state index in [1.54, 1.807) is 0 Å². The summed E-state index contributed by atoms with van der Waals surface area (Å²) in [6, 6.07) is 0. The predicted molar refractivity (Wildman–Crippen MR) is 70.3 cm³/mol. The van der Waals surface area contributed by atoms with Gasteiger partial charge >= 0.3 is 5.97 Å². The summed E-state index contributed by atoms with van der Waals surface area (Å²) in [5, 5.41) is 8.92. The molecule has 0 saturated heterocycles. The first-order chi connectivity index (χ1) is 9.00. The Labute approximate surface area is 113 Å². The van der Waals surface area contributed by atoms with Gasteiger partial charge in [-0.2, -0.15) is 0 Å². The van der Waals surface area contributed by atoms with Gasteiger partial charge in [-0.05, 0) is 55.9 Å². The highest BCUT2D eigenvalue weighted by Crippen LogP contribution is 2.56. The van der Waals surface area contributed by atoms with Crippen molar-refractivity contribution in [3.63, 3.8) is 0 Å². The van der Waals surface area contributed by atoms with E-state index in [9.17, 15) is 9.18 Å². The first-order valence-corrected chi connectivity index (χ1v) is 7.31. The van der Waals surface area contributed by atoms with Crippen LogP contribution in [-0.2, 0) is 4.79 Å². The number of carboxylic acids is 1. The molecule has 0 radical (unpaired) electrons. The summed E-state index contributed by atoms with van der Waals surface area (Å²) >= 11 is 0. The van der Waals surface area contributed by atoms with Gasteiger partial charge in [0.1, 0.15) is 5.67 Å². The van der Waals surface area contributed by atoms with E-state index in [4.69, 9.17) is 10.8 Å². The molecule has 0 amide bonds. The molecule has 0 aliphatic heterocycles. The zero-order valence-corrected chi connectivity index (χ0v) is 11.1. The first-order valence-electron chi connectivity index (χ1n) is 7.31. The van der Waals surface area contributed by atoms with Crippen LogP contribution in [0, 0.1) is 23.7 Å². The van der Waals surface area contributed by atoms with Gasteiger partial charge in [0.2, 0.25) is 0 Å². The number of aliphatic carboxylic acids is 1. The molecule has 3 aliphatic carbocycles. The number of carboxylic acid groups (broad SMARTS) is 1. The summed E-state index contributed by atoms with van der Waals surface area (Å²) < 4.78 is 13.8. The van der Waals surface area contributed by atoms with Crippen molar-refractivity contribution in [3.8, 4) is 0 Å². The van der Waals surface area contributed by atoms with Crippen LogP contribution >= 0.6 is 0 Å². The van der Waals surface area contributed by atoms with Crippen LogP contribution in [0.1, 0.15) is 38.5 Å². The van der Waals surface area contributed by atoms with Crippen LogP contribution in [0.4, 0.5) is 4.39 Å². The van der Waals surface area contributed by atoms with Gasteiger partial charge in [0.05, 0.1) is 0 Å². The molecule has 0 bridgehead atoms. The van der Waals surface area contributed by atoms with Crippen molar-refractivity contribution in [2.24, 2.45) is 29.4 Å². The molecular weight excluding hydrogens is 245 g/mol. The van der Waals surface area contributed by atoms with Crippen LogP contribution in [-0.4, -0.2) is 23.3 Å². The summed E-state index contributed by atoms with van der Waals surface area (Å²) in [5.74, 6) is 0.850. The van der Waals surface area contributed by atoms with Gasteiger partial charge in [-0.15, -0.1) is 0 Å². The maximum Gasteiger partial charge on any atom is 0.303 e. The number of halogens is 1. The Morgan fingerprint density at radius 1 is 1.58 bits per heavy atom. The molecule has 0 aromatic heterocycles. The Balaban J connectivity index is 1.56. The lowest BCUT2D eigenvalue weighted by Gasteiger charge is -2.44. The van der Waals surface area contributed by atoms with E-state index in [1.165, 1.54) is 5.57 Å². The van der Waals surface area contributed by atoms with Crippen molar-refractivity contribution in [3.05, 3.63) is 11.6 Å². The molecule has 3 nitrogen and oxygen atoms in total. The van der Waals surface area contributed by atoms with Gasteiger partial charge in [0, 0.05) is 12.8 Å². The Bertz CT molecular complexity index is 416. The monoisotopic (exact) mass is 267 g/mol. The fourth-order valence-electron chi connectivity index (χ4n) is 3.98. The molecule has 3 rings (SSSR count). The zero-order valence-electron chi connectivity index (χ0n) is 11.1. The lowest BCUT2D eigenvalue weighted by atomic mass is 9.60. The summed E-state index contributed by atoms with van der Waals surface area (Å²) in [4.78, 5) is 10.8. The molecule has 106 valence electrons. The fourth-order valence-corrected chi connectivity index (χ4v) is 3.98. The minimum Gasteiger partial charge on any atom is -0.481 e. The van der Waals surface area contributed by atoms with E-state index in [2.05, 4.69) is 6.08 Å². The second kappa shape index (κ2) is 4.58. The standard InChI is InChI=1S/C15H22FNO2/c16-15(1-2-15)7-9-3-10-5-13(12(10)4-9)11(8-17)6-14(18)19/h3,10-13H,1-2,4-8,17H2,(H,18,19)/t10-,11?,12-,13?/m1/s1. The van der Waals surface area contributed by atoms with Crippen LogP contribution in [0.3, 0.4) is 0 Å². The molecule has 4 heteroatoms. The van der Waals surface area contributed by atoms with E-state index in [0.29, 0.717) is 43.6 Å². The van der Waals surface area contributed by atoms with Gasteiger partial charge in [-0.3, -0.25) is 4.79 Å². The van der Waals surface area contributed by atoms with Crippen LogP contribution in [0.15, 0.2) is 11.6 Å². The van der Waals surface area contributed by atoms with Crippen molar-refractivity contribution < 1.29 is 14.3 Å². The van der Waals surface area contributed by atoms with E-state index in [-0.39, 0.29) is 12.3 Å². The summed E-state index contributed by atoms with van der Waals surface area (Å²) in [6.07, 6.45) is 6.49. The molecule has 0 aromatic carbocycles. The molecule has 2 fully saturated rings. The van der Waals surface area contributed by atoms with Gasteiger partial charge in [-0.1, -0.05) is 11.6 Å². The average molecular weight is 267 g/mol. The molecular formula is C15H22FNO2. The number of nitrogens with two attached hydrogens (primary N) is 1. The highest BCUT2D eigenvalue weighted by molar-refractivity contribution is 5.67. The third kappa shape index (κ3) is 2.55. The second-order valence-corrected chi connectivity index (χ2v) is 6.68. The van der Waals surface area contributed by atoms with E-state index < -0.39 is 11.6 Å². The molecule has 19 heavy (non-hydrogen) atoms. The van der Waals surface area contributed by atoms with Crippen LogP contribution in [0.2, 0.25) is 0 Å².